The summed E-state index contributed by atoms with van der Waals surface area (Å²) >= 11 is 0. The SMILES string of the molecule is Cc1cnc(Oc2ccc(C#N)cc2F)c([N+](=O)[O-])c1. The average molecular weight is 273 g/mol. The van der Waals surface area contributed by atoms with E-state index in [0.29, 0.717) is 5.56 Å². The highest BCUT2D eigenvalue weighted by Gasteiger charge is 2.19. The van der Waals surface area contributed by atoms with Crippen molar-refractivity contribution in [3.63, 3.8) is 0 Å². The molecule has 0 aliphatic rings. The molecule has 0 amide bonds. The standard InChI is InChI=1S/C13H8FN3O3/c1-8-4-11(17(18)19)13(16-7-8)20-12-3-2-9(6-15)5-10(12)14/h2-5,7H,1H3. The Morgan fingerprint density at radius 2 is 2.20 bits per heavy atom. The minimum absolute atomic E-state index is 0.126. The van der Waals surface area contributed by atoms with Gasteiger partial charge in [-0.3, -0.25) is 10.1 Å². The van der Waals surface area contributed by atoms with Crippen LogP contribution in [0, 0.1) is 34.2 Å². The molecule has 1 aromatic carbocycles. The van der Waals surface area contributed by atoms with Gasteiger partial charge in [0, 0.05) is 12.3 Å². The van der Waals surface area contributed by atoms with E-state index in [1.54, 1.807) is 13.0 Å². The lowest BCUT2D eigenvalue weighted by Crippen LogP contribution is -1.98. The summed E-state index contributed by atoms with van der Waals surface area (Å²) < 4.78 is 18.8. The third-order valence-electron chi connectivity index (χ3n) is 2.43. The molecule has 0 spiro atoms. The van der Waals surface area contributed by atoms with Crippen LogP contribution in [0.2, 0.25) is 0 Å². The summed E-state index contributed by atoms with van der Waals surface area (Å²) in [6.07, 6.45) is 1.38. The minimum atomic E-state index is -0.791. The Morgan fingerprint density at radius 3 is 2.80 bits per heavy atom. The second-order valence-electron chi connectivity index (χ2n) is 3.95. The Kier molecular flexibility index (Phi) is 3.57. The summed E-state index contributed by atoms with van der Waals surface area (Å²) in [6.45, 7) is 1.64. The highest BCUT2D eigenvalue weighted by molar-refractivity contribution is 5.46. The number of halogens is 1. The Hall–Kier alpha value is -3.01. The van der Waals surface area contributed by atoms with Crippen molar-refractivity contribution in [2.24, 2.45) is 0 Å². The van der Waals surface area contributed by atoms with Gasteiger partial charge in [-0.1, -0.05) is 0 Å². The van der Waals surface area contributed by atoms with E-state index in [1.807, 2.05) is 0 Å². The van der Waals surface area contributed by atoms with Gasteiger partial charge in [-0.15, -0.1) is 0 Å². The number of aryl methyl sites for hydroxylation is 1. The molecule has 100 valence electrons. The van der Waals surface area contributed by atoms with E-state index in [2.05, 4.69) is 4.98 Å². The molecule has 2 aromatic rings. The van der Waals surface area contributed by atoms with Gasteiger partial charge in [0.25, 0.3) is 5.88 Å². The Bertz CT molecular complexity index is 725. The predicted octanol–water partition coefficient (Wildman–Crippen LogP) is 3.10. The van der Waals surface area contributed by atoms with Gasteiger partial charge in [0.1, 0.15) is 0 Å². The highest BCUT2D eigenvalue weighted by atomic mass is 19.1. The van der Waals surface area contributed by atoms with E-state index in [1.165, 1.54) is 24.4 Å². The number of hydrogen-bond donors (Lipinski definition) is 0. The predicted molar refractivity (Wildman–Crippen MR) is 66.8 cm³/mol. The number of pyridine rings is 1. The molecule has 0 bridgehead atoms. The molecule has 0 aliphatic heterocycles. The van der Waals surface area contributed by atoms with Gasteiger partial charge in [-0.25, -0.2) is 9.37 Å². The van der Waals surface area contributed by atoms with Gasteiger partial charge >= 0.3 is 5.69 Å². The topological polar surface area (TPSA) is 89.0 Å². The first-order valence-corrected chi connectivity index (χ1v) is 5.50. The van der Waals surface area contributed by atoms with E-state index >= 15 is 0 Å². The monoisotopic (exact) mass is 273 g/mol. The normalized spacial score (nSPS) is 9.85. The molecule has 0 fully saturated rings. The third kappa shape index (κ3) is 2.70. The first kappa shape index (κ1) is 13.4. The largest absolute Gasteiger partial charge is 0.431 e. The number of hydrogen-bond acceptors (Lipinski definition) is 5. The van der Waals surface area contributed by atoms with Crippen molar-refractivity contribution in [3.05, 3.63) is 57.5 Å². The number of nitrogens with zero attached hydrogens (tertiary/aromatic N) is 3. The van der Waals surface area contributed by atoms with Crippen LogP contribution in [-0.2, 0) is 0 Å². The maximum Gasteiger partial charge on any atom is 0.331 e. The van der Waals surface area contributed by atoms with Crippen molar-refractivity contribution in [1.29, 1.82) is 5.26 Å². The number of benzene rings is 1. The molecular formula is C13H8FN3O3. The zero-order valence-corrected chi connectivity index (χ0v) is 10.3. The molecule has 0 aliphatic carbocycles. The van der Waals surface area contributed by atoms with E-state index in [0.717, 1.165) is 6.07 Å². The maximum atomic E-state index is 13.7. The van der Waals surface area contributed by atoms with Crippen molar-refractivity contribution >= 4 is 5.69 Å². The van der Waals surface area contributed by atoms with E-state index < -0.39 is 10.7 Å². The number of nitro groups is 1. The summed E-state index contributed by atoms with van der Waals surface area (Å²) in [5.41, 5.74) is 0.360. The van der Waals surface area contributed by atoms with Crippen molar-refractivity contribution in [2.45, 2.75) is 6.92 Å². The van der Waals surface area contributed by atoms with Gasteiger partial charge in [-0.2, -0.15) is 5.26 Å². The summed E-state index contributed by atoms with van der Waals surface area (Å²) in [5.74, 6) is -1.33. The Labute approximate surface area is 113 Å². The van der Waals surface area contributed by atoms with Gasteiger partial charge in [0.2, 0.25) is 0 Å². The maximum absolute atomic E-state index is 13.7. The lowest BCUT2D eigenvalue weighted by atomic mass is 10.2. The molecule has 0 radical (unpaired) electrons. The summed E-state index contributed by atoms with van der Waals surface area (Å²) in [7, 11) is 0. The highest BCUT2D eigenvalue weighted by Crippen LogP contribution is 2.31. The Balaban J connectivity index is 2.40. The van der Waals surface area contributed by atoms with Crippen LogP contribution in [-0.4, -0.2) is 9.91 Å². The molecule has 7 heteroatoms. The zero-order chi connectivity index (χ0) is 14.7. The van der Waals surface area contributed by atoms with Gasteiger partial charge in [-0.05, 0) is 30.7 Å². The van der Waals surface area contributed by atoms with Crippen LogP contribution in [0.15, 0.2) is 30.5 Å². The number of rotatable bonds is 3. The zero-order valence-electron chi connectivity index (χ0n) is 10.3. The fourth-order valence-electron chi connectivity index (χ4n) is 1.51. The first-order valence-electron chi connectivity index (χ1n) is 5.50. The molecule has 0 saturated carbocycles. The molecule has 1 heterocycles. The molecule has 20 heavy (non-hydrogen) atoms. The second-order valence-corrected chi connectivity index (χ2v) is 3.95. The molecule has 0 atom stereocenters. The second kappa shape index (κ2) is 5.32. The van der Waals surface area contributed by atoms with Crippen LogP contribution in [0.5, 0.6) is 11.6 Å². The van der Waals surface area contributed by atoms with E-state index in [9.17, 15) is 14.5 Å². The molecule has 0 N–H and O–H groups in total. The van der Waals surface area contributed by atoms with Crippen molar-refractivity contribution < 1.29 is 14.1 Å². The molecule has 6 nitrogen and oxygen atoms in total. The smallest absolute Gasteiger partial charge is 0.331 e. The first-order chi connectivity index (χ1) is 9.51. The number of aromatic nitrogens is 1. The quantitative estimate of drug-likeness (QED) is 0.633. The molecule has 0 saturated heterocycles. The van der Waals surface area contributed by atoms with Crippen molar-refractivity contribution in [3.8, 4) is 17.7 Å². The average Bonchev–Trinajstić information content (AvgIpc) is 2.42. The summed E-state index contributed by atoms with van der Waals surface area (Å²) in [5, 5.41) is 19.5. The van der Waals surface area contributed by atoms with Crippen LogP contribution < -0.4 is 4.74 Å². The van der Waals surface area contributed by atoms with Gasteiger partial charge < -0.3 is 4.74 Å². The van der Waals surface area contributed by atoms with Crippen LogP contribution in [0.3, 0.4) is 0 Å². The lowest BCUT2D eigenvalue weighted by molar-refractivity contribution is -0.386. The van der Waals surface area contributed by atoms with E-state index in [4.69, 9.17) is 10.00 Å². The van der Waals surface area contributed by atoms with Crippen molar-refractivity contribution in [2.75, 3.05) is 0 Å². The molecule has 0 unspecified atom stereocenters. The summed E-state index contributed by atoms with van der Waals surface area (Å²) in [4.78, 5) is 14.0. The van der Waals surface area contributed by atoms with Crippen molar-refractivity contribution in [1.82, 2.24) is 4.98 Å². The van der Waals surface area contributed by atoms with Gasteiger partial charge in [0.15, 0.2) is 11.6 Å². The Morgan fingerprint density at radius 1 is 1.45 bits per heavy atom. The van der Waals surface area contributed by atoms with Crippen LogP contribution in [0.4, 0.5) is 10.1 Å². The third-order valence-corrected chi connectivity index (χ3v) is 2.43. The molecular weight excluding hydrogens is 265 g/mol. The number of nitriles is 1. The van der Waals surface area contributed by atoms with Crippen LogP contribution in [0.25, 0.3) is 0 Å². The molecule has 2 rings (SSSR count). The fourth-order valence-corrected chi connectivity index (χ4v) is 1.51. The van der Waals surface area contributed by atoms with Crippen LogP contribution in [0.1, 0.15) is 11.1 Å². The summed E-state index contributed by atoms with van der Waals surface area (Å²) in [6, 6.07) is 6.61. The van der Waals surface area contributed by atoms with Crippen LogP contribution >= 0.6 is 0 Å². The number of ether oxygens (including phenoxy) is 1. The fraction of sp³-hybridized carbons (Fsp3) is 0.0769. The molecule has 1 aromatic heterocycles. The lowest BCUT2D eigenvalue weighted by Gasteiger charge is -2.06. The van der Waals surface area contributed by atoms with Gasteiger partial charge in [0.05, 0.1) is 16.6 Å². The van der Waals surface area contributed by atoms with E-state index in [-0.39, 0.29) is 22.9 Å². The minimum Gasteiger partial charge on any atom is -0.431 e.